The first-order valence-corrected chi connectivity index (χ1v) is 3.91. The predicted octanol–water partition coefficient (Wildman–Crippen LogP) is -3.23. The van der Waals surface area contributed by atoms with Crippen molar-refractivity contribution in [1.82, 2.24) is 0 Å². The van der Waals surface area contributed by atoms with Gasteiger partial charge in [-0.25, -0.2) is 0 Å². The van der Waals surface area contributed by atoms with Gasteiger partial charge in [0.1, 0.15) is 0 Å². The quantitative estimate of drug-likeness (QED) is 0.320. The maximum atomic E-state index is 8.74. The van der Waals surface area contributed by atoms with Crippen molar-refractivity contribution in [3.05, 3.63) is 0 Å². The molecule has 0 aromatic rings. The Morgan fingerprint density at radius 3 is 0.778 bits per heavy atom. The second-order valence-electron chi connectivity index (χ2n) is 0.565. The molecular formula is H4O6Si2Zn. The first-order valence-electron chi connectivity index (χ1n) is 1.30. The molecule has 0 radical (unpaired) electrons. The molecule has 0 rings (SSSR count). The minimum absolute atomic E-state index is 0. The van der Waals surface area contributed by atoms with E-state index in [2.05, 4.69) is 0 Å². The third-order valence-electron chi connectivity index (χ3n) is 0. The van der Waals surface area contributed by atoms with Gasteiger partial charge in [-0.15, -0.1) is 0 Å². The molecule has 0 unspecified atom stereocenters. The van der Waals surface area contributed by atoms with Crippen molar-refractivity contribution < 1.29 is 47.6 Å². The van der Waals surface area contributed by atoms with Gasteiger partial charge in [0, 0.05) is 19.5 Å². The Kier molecular flexibility index (Phi) is 19.1. The first-order chi connectivity index (χ1) is 3.46. The molecule has 0 saturated carbocycles. The SMILES string of the molecule is O=[Si](O)O.O=[Si](O)O.[Zn]. The third kappa shape index (κ3) is 13200. The smallest absolute Gasteiger partial charge is 0.511 e. The van der Waals surface area contributed by atoms with Crippen LogP contribution in [-0.2, 0) is 28.4 Å². The zero-order valence-corrected chi connectivity index (χ0v) is 9.28. The minimum atomic E-state index is -3.13. The minimum Gasteiger partial charge on any atom is -0.511 e. The largest absolute Gasteiger partial charge is 0.761 e. The Balaban J connectivity index is -0.0000000720. The summed E-state index contributed by atoms with van der Waals surface area (Å²) < 4.78 is 17.5. The van der Waals surface area contributed by atoms with E-state index < -0.39 is 18.3 Å². The average molecular weight is 222 g/mol. The molecule has 6 nitrogen and oxygen atoms in total. The first kappa shape index (κ1) is 15.9. The molecule has 0 fully saturated rings. The Hall–Kier alpha value is -0.143. The molecule has 9 heavy (non-hydrogen) atoms. The summed E-state index contributed by atoms with van der Waals surface area (Å²) in [7, 11) is -6.26. The second kappa shape index (κ2) is 10.8. The van der Waals surface area contributed by atoms with Crippen LogP contribution in [0.25, 0.3) is 0 Å². The van der Waals surface area contributed by atoms with Crippen LogP contribution in [0.4, 0.5) is 0 Å². The second-order valence-corrected chi connectivity index (χ2v) is 1.70. The van der Waals surface area contributed by atoms with Crippen LogP contribution in [0.2, 0.25) is 0 Å². The molecule has 0 aromatic heterocycles. The molecular weight excluding hydrogens is 218 g/mol. The standard InChI is InChI=1S/2H2O3Si.Zn/c2*1-4(2)3;/h2*1-2H;. The molecule has 0 heterocycles. The van der Waals surface area contributed by atoms with Gasteiger partial charge in [0.2, 0.25) is 0 Å². The Bertz CT molecular complexity index is 69.1. The van der Waals surface area contributed by atoms with E-state index in [4.69, 9.17) is 28.1 Å². The normalized spacial score (nSPS) is 5.33. The molecule has 0 spiro atoms. The van der Waals surface area contributed by atoms with E-state index in [0.29, 0.717) is 0 Å². The van der Waals surface area contributed by atoms with E-state index >= 15 is 0 Å². The Morgan fingerprint density at radius 2 is 0.778 bits per heavy atom. The molecule has 0 aromatic carbocycles. The molecule has 0 atom stereocenters. The fourth-order valence-corrected chi connectivity index (χ4v) is 0. The molecule has 0 aliphatic rings. The van der Waals surface area contributed by atoms with Gasteiger partial charge in [-0.1, -0.05) is 0 Å². The molecule has 4 N–H and O–H groups in total. The number of rotatable bonds is 0. The van der Waals surface area contributed by atoms with Gasteiger partial charge >= 0.3 is 18.3 Å². The molecule has 9 heteroatoms. The van der Waals surface area contributed by atoms with E-state index in [1.807, 2.05) is 0 Å². The van der Waals surface area contributed by atoms with Crippen LogP contribution >= 0.6 is 0 Å². The van der Waals surface area contributed by atoms with Crippen molar-refractivity contribution in [3.8, 4) is 0 Å². The van der Waals surface area contributed by atoms with Crippen molar-refractivity contribution in [2.75, 3.05) is 0 Å². The van der Waals surface area contributed by atoms with E-state index in [1.165, 1.54) is 0 Å². The van der Waals surface area contributed by atoms with Crippen LogP contribution in [-0.4, -0.2) is 37.5 Å². The summed E-state index contributed by atoms with van der Waals surface area (Å²) in [6, 6.07) is 0. The maximum absolute atomic E-state index is 8.74. The van der Waals surface area contributed by atoms with Gasteiger partial charge in [-0.2, -0.15) is 0 Å². The molecule has 0 aliphatic carbocycles. The third-order valence-corrected chi connectivity index (χ3v) is 0. The summed E-state index contributed by atoms with van der Waals surface area (Å²) >= 11 is 0. The van der Waals surface area contributed by atoms with Gasteiger partial charge in [0.15, 0.2) is 0 Å². The van der Waals surface area contributed by atoms with Gasteiger partial charge < -0.3 is 19.2 Å². The maximum Gasteiger partial charge on any atom is 0.761 e. The van der Waals surface area contributed by atoms with Gasteiger partial charge in [0.25, 0.3) is 0 Å². The van der Waals surface area contributed by atoms with Crippen LogP contribution in [0.3, 0.4) is 0 Å². The number of hydrogen-bond acceptors (Lipinski definition) is 2. The Morgan fingerprint density at radius 1 is 0.778 bits per heavy atom. The van der Waals surface area contributed by atoms with E-state index in [9.17, 15) is 0 Å². The topological polar surface area (TPSA) is 115 Å². The van der Waals surface area contributed by atoms with Crippen molar-refractivity contribution in [1.29, 1.82) is 0 Å². The summed E-state index contributed by atoms with van der Waals surface area (Å²) in [4.78, 5) is 28.6. The zero-order chi connectivity index (χ0) is 7.15. The molecule has 0 amide bonds. The monoisotopic (exact) mass is 220 g/mol. The predicted molar refractivity (Wildman–Crippen MR) is 21.8 cm³/mol. The molecule has 50 valence electrons. The summed E-state index contributed by atoms with van der Waals surface area (Å²) in [6.45, 7) is 0. The average Bonchev–Trinajstić information content (AvgIpc) is 1.25. The van der Waals surface area contributed by atoms with Crippen molar-refractivity contribution >= 4 is 18.3 Å². The summed E-state index contributed by atoms with van der Waals surface area (Å²) in [5.41, 5.74) is 0. The van der Waals surface area contributed by atoms with E-state index in [1.54, 1.807) is 0 Å². The van der Waals surface area contributed by atoms with E-state index in [0.717, 1.165) is 0 Å². The van der Waals surface area contributed by atoms with Crippen molar-refractivity contribution in [3.63, 3.8) is 0 Å². The van der Waals surface area contributed by atoms with Crippen LogP contribution in [0.1, 0.15) is 0 Å². The fraction of sp³-hybridized carbons (Fsp3) is 0. The van der Waals surface area contributed by atoms with Crippen LogP contribution < -0.4 is 0 Å². The fourth-order valence-electron chi connectivity index (χ4n) is 0. The Labute approximate surface area is 66.3 Å². The van der Waals surface area contributed by atoms with Crippen molar-refractivity contribution in [2.24, 2.45) is 0 Å². The summed E-state index contributed by atoms with van der Waals surface area (Å²) in [6.07, 6.45) is 0. The molecule has 0 bridgehead atoms. The van der Waals surface area contributed by atoms with Crippen LogP contribution in [0, 0.1) is 0 Å². The number of hydrogen-bond donors (Lipinski definition) is 4. The van der Waals surface area contributed by atoms with Crippen LogP contribution in [0.15, 0.2) is 0 Å². The van der Waals surface area contributed by atoms with Gasteiger partial charge in [-0.3, -0.25) is 8.92 Å². The van der Waals surface area contributed by atoms with Gasteiger partial charge in [0.05, 0.1) is 0 Å². The molecule has 0 aliphatic heterocycles. The van der Waals surface area contributed by atoms with Crippen LogP contribution in [0.5, 0.6) is 0 Å². The zero-order valence-electron chi connectivity index (χ0n) is 4.31. The van der Waals surface area contributed by atoms with Gasteiger partial charge in [-0.05, 0) is 0 Å². The summed E-state index contributed by atoms with van der Waals surface area (Å²) in [5.74, 6) is 0. The van der Waals surface area contributed by atoms with E-state index in [-0.39, 0.29) is 19.5 Å². The molecule has 0 saturated heterocycles. The summed E-state index contributed by atoms with van der Waals surface area (Å²) in [5, 5.41) is 0. The van der Waals surface area contributed by atoms with Crippen molar-refractivity contribution in [2.45, 2.75) is 0 Å².